The lowest BCUT2D eigenvalue weighted by Crippen LogP contribution is -2.19. The summed E-state index contributed by atoms with van der Waals surface area (Å²) >= 11 is 0. The van der Waals surface area contributed by atoms with E-state index < -0.39 is 6.04 Å². The minimum atomic E-state index is -0.468. The van der Waals surface area contributed by atoms with E-state index in [4.69, 9.17) is 10.8 Å². The minimum Gasteiger partial charge on any atom is -0.394 e. The van der Waals surface area contributed by atoms with Gasteiger partial charge in [-0.15, -0.1) is 10.2 Å². The van der Waals surface area contributed by atoms with Gasteiger partial charge in [-0.2, -0.15) is 0 Å². The molecule has 0 amide bonds. The average molecular weight is 171 g/mol. The van der Waals surface area contributed by atoms with Gasteiger partial charge in [-0.25, -0.2) is 0 Å². The molecule has 12 heavy (non-hydrogen) atoms. The molecule has 1 heterocycles. The van der Waals surface area contributed by atoms with Crippen LogP contribution in [0.3, 0.4) is 0 Å². The molecule has 0 bridgehead atoms. The summed E-state index contributed by atoms with van der Waals surface area (Å²) in [6, 6.07) is -0.468. The third kappa shape index (κ3) is 1.39. The van der Waals surface area contributed by atoms with Crippen LogP contribution in [0.2, 0.25) is 0 Å². The lowest BCUT2D eigenvalue weighted by molar-refractivity contribution is 0.261. The van der Waals surface area contributed by atoms with Gasteiger partial charge in [-0.3, -0.25) is 4.57 Å². The number of hydrogen-bond acceptors (Lipinski definition) is 5. The first kappa shape index (κ1) is 8.95. The van der Waals surface area contributed by atoms with E-state index in [0.717, 1.165) is 0 Å². The molecule has 1 aromatic rings. The van der Waals surface area contributed by atoms with E-state index in [1.54, 1.807) is 18.7 Å². The first-order chi connectivity index (χ1) is 5.70. The van der Waals surface area contributed by atoms with Gasteiger partial charge >= 0.3 is 0 Å². The van der Waals surface area contributed by atoms with Crippen LogP contribution in [0.15, 0.2) is 0 Å². The van der Waals surface area contributed by atoms with Crippen molar-refractivity contribution in [3.63, 3.8) is 0 Å². The fourth-order valence-corrected chi connectivity index (χ4v) is 0.964. The van der Waals surface area contributed by atoms with Crippen molar-refractivity contribution in [2.75, 3.05) is 19.0 Å². The van der Waals surface area contributed by atoms with Gasteiger partial charge in [-0.1, -0.05) is 0 Å². The first-order valence-corrected chi connectivity index (χ1v) is 3.64. The molecule has 1 atom stereocenters. The van der Waals surface area contributed by atoms with Crippen molar-refractivity contribution in [2.45, 2.75) is 6.04 Å². The fraction of sp³-hybridized carbons (Fsp3) is 0.667. The molecule has 0 aliphatic heterocycles. The van der Waals surface area contributed by atoms with Crippen molar-refractivity contribution < 1.29 is 5.11 Å². The molecular weight excluding hydrogens is 158 g/mol. The predicted octanol–water partition coefficient (Wildman–Crippen LogP) is -1.15. The number of nitrogens with zero attached hydrogens (tertiary/aromatic N) is 3. The van der Waals surface area contributed by atoms with Gasteiger partial charge in [0.1, 0.15) is 0 Å². The normalized spacial score (nSPS) is 13.0. The summed E-state index contributed by atoms with van der Waals surface area (Å²) in [4.78, 5) is 0. The maximum atomic E-state index is 8.77. The van der Waals surface area contributed by atoms with Gasteiger partial charge < -0.3 is 16.2 Å². The molecule has 0 saturated heterocycles. The standard InChI is InChI=1S/C6H13N5O/c1-8-6-10-9-5(11(6)2)4(7)3-12/h4,12H,3,7H2,1-2H3,(H,8,10)/t4-/m1/s1. The van der Waals surface area contributed by atoms with Crippen LogP contribution < -0.4 is 11.1 Å². The lowest BCUT2D eigenvalue weighted by Gasteiger charge is -2.07. The van der Waals surface area contributed by atoms with E-state index in [2.05, 4.69) is 15.5 Å². The molecule has 0 saturated carbocycles. The summed E-state index contributed by atoms with van der Waals surface area (Å²) in [5, 5.41) is 19.3. The monoisotopic (exact) mass is 171 g/mol. The highest BCUT2D eigenvalue weighted by molar-refractivity contribution is 5.24. The number of anilines is 1. The second-order valence-corrected chi connectivity index (χ2v) is 2.48. The van der Waals surface area contributed by atoms with E-state index >= 15 is 0 Å². The zero-order chi connectivity index (χ0) is 9.14. The van der Waals surface area contributed by atoms with Crippen LogP contribution in [0.25, 0.3) is 0 Å². The van der Waals surface area contributed by atoms with Gasteiger partial charge in [0.2, 0.25) is 5.95 Å². The van der Waals surface area contributed by atoms with Crippen molar-refractivity contribution >= 4 is 5.95 Å². The van der Waals surface area contributed by atoms with Crippen LogP contribution >= 0.6 is 0 Å². The van der Waals surface area contributed by atoms with Gasteiger partial charge in [0.25, 0.3) is 0 Å². The Kier molecular flexibility index (Phi) is 2.61. The molecule has 68 valence electrons. The Labute approximate surface area is 70.4 Å². The van der Waals surface area contributed by atoms with Crippen LogP contribution in [0.5, 0.6) is 0 Å². The van der Waals surface area contributed by atoms with Gasteiger partial charge in [0.05, 0.1) is 12.6 Å². The Bertz CT molecular complexity index is 258. The Morgan fingerprint density at radius 2 is 2.33 bits per heavy atom. The number of aromatic nitrogens is 3. The molecule has 6 nitrogen and oxygen atoms in total. The van der Waals surface area contributed by atoms with Crippen LogP contribution in [-0.4, -0.2) is 33.5 Å². The zero-order valence-electron chi connectivity index (χ0n) is 7.15. The molecule has 0 aliphatic rings. The number of nitrogens with one attached hydrogen (secondary N) is 1. The number of aliphatic hydroxyl groups is 1. The van der Waals surface area contributed by atoms with Crippen molar-refractivity contribution in [2.24, 2.45) is 12.8 Å². The van der Waals surface area contributed by atoms with Gasteiger partial charge in [0, 0.05) is 14.1 Å². The summed E-state index contributed by atoms with van der Waals surface area (Å²) in [6.07, 6.45) is 0. The Morgan fingerprint density at radius 3 is 2.75 bits per heavy atom. The van der Waals surface area contributed by atoms with Crippen molar-refractivity contribution in [3.05, 3.63) is 5.82 Å². The number of hydrogen-bond donors (Lipinski definition) is 3. The molecule has 0 radical (unpaired) electrons. The molecule has 0 aliphatic carbocycles. The zero-order valence-corrected chi connectivity index (χ0v) is 7.15. The van der Waals surface area contributed by atoms with Crippen molar-refractivity contribution in [1.82, 2.24) is 14.8 Å². The predicted molar refractivity (Wildman–Crippen MR) is 44.6 cm³/mol. The third-order valence-corrected chi connectivity index (χ3v) is 1.66. The van der Waals surface area contributed by atoms with E-state index in [0.29, 0.717) is 11.8 Å². The summed E-state index contributed by atoms with van der Waals surface area (Å²) in [7, 11) is 3.54. The third-order valence-electron chi connectivity index (χ3n) is 1.66. The summed E-state index contributed by atoms with van der Waals surface area (Å²) < 4.78 is 1.71. The minimum absolute atomic E-state index is 0.129. The summed E-state index contributed by atoms with van der Waals surface area (Å²) in [6.45, 7) is -0.129. The number of aliphatic hydroxyl groups excluding tert-OH is 1. The lowest BCUT2D eigenvalue weighted by atomic mass is 10.3. The van der Waals surface area contributed by atoms with Crippen LogP contribution in [-0.2, 0) is 7.05 Å². The van der Waals surface area contributed by atoms with E-state index in [1.165, 1.54) is 0 Å². The average Bonchev–Trinajstić information content (AvgIpc) is 2.45. The SMILES string of the molecule is CNc1nnc([C@H](N)CO)n1C. The Morgan fingerprint density at radius 1 is 1.67 bits per heavy atom. The van der Waals surface area contributed by atoms with Crippen molar-refractivity contribution in [3.8, 4) is 0 Å². The largest absolute Gasteiger partial charge is 0.394 e. The van der Waals surface area contributed by atoms with Crippen LogP contribution in [0.1, 0.15) is 11.9 Å². The van der Waals surface area contributed by atoms with Crippen LogP contribution in [0, 0.1) is 0 Å². The molecule has 0 aromatic carbocycles. The van der Waals surface area contributed by atoms with Crippen molar-refractivity contribution in [1.29, 1.82) is 0 Å². The van der Waals surface area contributed by atoms with E-state index in [1.807, 2.05) is 0 Å². The van der Waals surface area contributed by atoms with E-state index in [9.17, 15) is 0 Å². The van der Waals surface area contributed by atoms with Gasteiger partial charge in [-0.05, 0) is 0 Å². The fourth-order valence-electron chi connectivity index (χ4n) is 0.964. The van der Waals surface area contributed by atoms with Crippen LogP contribution in [0.4, 0.5) is 5.95 Å². The quantitative estimate of drug-likeness (QED) is 0.534. The summed E-state index contributed by atoms with van der Waals surface area (Å²) in [5.41, 5.74) is 5.56. The molecule has 6 heteroatoms. The maximum absolute atomic E-state index is 8.77. The maximum Gasteiger partial charge on any atom is 0.224 e. The number of nitrogens with two attached hydrogens (primary N) is 1. The van der Waals surface area contributed by atoms with Gasteiger partial charge in [0.15, 0.2) is 5.82 Å². The molecule has 0 spiro atoms. The molecular formula is C6H13N5O. The second-order valence-electron chi connectivity index (χ2n) is 2.48. The highest BCUT2D eigenvalue weighted by Gasteiger charge is 2.13. The highest BCUT2D eigenvalue weighted by atomic mass is 16.3. The smallest absolute Gasteiger partial charge is 0.224 e. The number of rotatable bonds is 3. The summed E-state index contributed by atoms with van der Waals surface area (Å²) in [5.74, 6) is 1.20. The first-order valence-electron chi connectivity index (χ1n) is 3.64. The second kappa shape index (κ2) is 3.51. The Balaban J connectivity index is 2.93. The molecule has 1 rings (SSSR count). The molecule has 4 N–H and O–H groups in total. The topological polar surface area (TPSA) is 89.0 Å². The molecule has 1 aromatic heterocycles. The Hall–Kier alpha value is -1.14. The molecule has 0 unspecified atom stereocenters. The highest BCUT2D eigenvalue weighted by Crippen LogP contribution is 2.09. The van der Waals surface area contributed by atoms with E-state index in [-0.39, 0.29) is 6.61 Å². The molecule has 0 fully saturated rings.